The van der Waals surface area contributed by atoms with Crippen LogP contribution in [0.2, 0.25) is 0 Å². The number of benzene rings is 2. The Hall–Kier alpha value is -1.89. The number of para-hydroxylation sites is 1. The average molecular weight is 379 g/mol. The van der Waals surface area contributed by atoms with Gasteiger partial charge in [-0.25, -0.2) is 4.39 Å². The number of anilines is 3. The molecule has 0 unspecified atom stereocenters. The second-order valence-electron chi connectivity index (χ2n) is 4.35. The Balaban J connectivity index is 2.09. The molecule has 2 aromatic carbocycles. The predicted octanol–water partition coefficient (Wildman–Crippen LogP) is 4.30. The first-order chi connectivity index (χ1) is 9.65. The summed E-state index contributed by atoms with van der Waals surface area (Å²) in [5, 5.41) is 4.24. The van der Waals surface area contributed by atoms with Gasteiger partial charge in [-0.2, -0.15) is 0 Å². The van der Waals surface area contributed by atoms with E-state index in [1.54, 1.807) is 12.3 Å². The second-order valence-corrected chi connectivity index (χ2v) is 5.51. The molecule has 0 atom stereocenters. The van der Waals surface area contributed by atoms with E-state index in [4.69, 9.17) is 5.73 Å². The molecule has 0 saturated heterocycles. The topological polar surface area (TPSA) is 50.9 Å². The Bertz CT molecular complexity index is 789. The first kappa shape index (κ1) is 13.1. The van der Waals surface area contributed by atoms with E-state index in [9.17, 15) is 4.39 Å². The van der Waals surface area contributed by atoms with Crippen LogP contribution in [-0.2, 0) is 0 Å². The summed E-state index contributed by atoms with van der Waals surface area (Å²) in [6.45, 7) is 0. The quantitative estimate of drug-likeness (QED) is 0.516. The molecule has 5 heteroatoms. The lowest BCUT2D eigenvalue weighted by Crippen LogP contribution is -1.97. The van der Waals surface area contributed by atoms with Gasteiger partial charge in [-0.05, 0) is 52.9 Å². The summed E-state index contributed by atoms with van der Waals surface area (Å²) >= 11 is 2.10. The number of nitrogen functional groups attached to an aromatic ring is 1. The van der Waals surface area contributed by atoms with Crippen LogP contribution in [0.3, 0.4) is 0 Å². The zero-order chi connectivity index (χ0) is 14.1. The van der Waals surface area contributed by atoms with Crippen molar-refractivity contribution in [3.63, 3.8) is 0 Å². The zero-order valence-corrected chi connectivity index (χ0v) is 12.6. The Morgan fingerprint density at radius 2 is 1.95 bits per heavy atom. The third kappa shape index (κ3) is 2.40. The van der Waals surface area contributed by atoms with Crippen LogP contribution in [0.4, 0.5) is 21.5 Å². The van der Waals surface area contributed by atoms with E-state index in [0.717, 1.165) is 25.8 Å². The van der Waals surface area contributed by atoms with E-state index in [-0.39, 0.29) is 5.82 Å². The summed E-state index contributed by atoms with van der Waals surface area (Å²) in [6, 6.07) is 12.2. The summed E-state index contributed by atoms with van der Waals surface area (Å²) < 4.78 is 13.9. The van der Waals surface area contributed by atoms with Gasteiger partial charge in [0.05, 0.1) is 16.9 Å². The molecule has 3 aromatic rings. The third-order valence-corrected chi connectivity index (χ3v) is 3.90. The fraction of sp³-hybridized carbons (Fsp3) is 0. The Morgan fingerprint density at radius 3 is 2.75 bits per heavy atom. The van der Waals surface area contributed by atoms with Crippen LogP contribution in [0.1, 0.15) is 0 Å². The molecule has 0 bridgehead atoms. The number of hydrogen-bond donors (Lipinski definition) is 2. The lowest BCUT2D eigenvalue weighted by molar-refractivity contribution is 0.627. The van der Waals surface area contributed by atoms with Gasteiger partial charge in [-0.1, -0.05) is 12.1 Å². The number of halogens is 2. The Kier molecular flexibility index (Phi) is 3.43. The largest absolute Gasteiger partial charge is 0.397 e. The van der Waals surface area contributed by atoms with Gasteiger partial charge in [0.15, 0.2) is 0 Å². The molecule has 100 valence electrons. The lowest BCUT2D eigenvalue weighted by atomic mass is 10.1. The van der Waals surface area contributed by atoms with E-state index in [1.165, 1.54) is 12.1 Å². The van der Waals surface area contributed by atoms with Crippen molar-refractivity contribution >= 4 is 50.6 Å². The fourth-order valence-corrected chi connectivity index (χ4v) is 2.66. The molecular formula is C15H11FIN3. The number of nitrogens with zero attached hydrogens (tertiary/aromatic N) is 1. The highest BCUT2D eigenvalue weighted by Gasteiger charge is 2.07. The highest BCUT2D eigenvalue weighted by Crippen LogP contribution is 2.29. The lowest BCUT2D eigenvalue weighted by Gasteiger charge is -2.11. The summed E-state index contributed by atoms with van der Waals surface area (Å²) in [7, 11) is 0. The molecule has 0 aliphatic heterocycles. The highest BCUT2D eigenvalue weighted by atomic mass is 127. The van der Waals surface area contributed by atoms with Crippen molar-refractivity contribution in [3.8, 4) is 0 Å². The Labute approximate surface area is 129 Å². The minimum Gasteiger partial charge on any atom is -0.397 e. The number of nitrogens with two attached hydrogens (primary N) is 1. The molecule has 0 spiro atoms. The van der Waals surface area contributed by atoms with E-state index < -0.39 is 0 Å². The molecule has 20 heavy (non-hydrogen) atoms. The van der Waals surface area contributed by atoms with Crippen LogP contribution in [0.5, 0.6) is 0 Å². The number of fused-ring (bicyclic) bond motifs is 1. The first-order valence-electron chi connectivity index (χ1n) is 6.00. The number of hydrogen-bond acceptors (Lipinski definition) is 3. The van der Waals surface area contributed by atoms with E-state index in [2.05, 4.69) is 32.9 Å². The van der Waals surface area contributed by atoms with Crippen molar-refractivity contribution in [2.24, 2.45) is 0 Å². The minimum absolute atomic E-state index is 0.246. The normalized spacial score (nSPS) is 10.7. The van der Waals surface area contributed by atoms with Crippen LogP contribution in [0.15, 0.2) is 48.7 Å². The Morgan fingerprint density at radius 1 is 1.10 bits per heavy atom. The number of rotatable bonds is 2. The molecule has 3 nitrogen and oxygen atoms in total. The smallest absolute Gasteiger partial charge is 0.124 e. The maximum atomic E-state index is 13.1. The van der Waals surface area contributed by atoms with Crippen LogP contribution in [0, 0.1) is 9.39 Å². The summed E-state index contributed by atoms with van der Waals surface area (Å²) in [5.74, 6) is -0.246. The van der Waals surface area contributed by atoms with Crippen LogP contribution in [-0.4, -0.2) is 4.98 Å². The molecule has 1 heterocycles. The van der Waals surface area contributed by atoms with Crippen molar-refractivity contribution in [3.05, 3.63) is 58.0 Å². The van der Waals surface area contributed by atoms with Crippen LogP contribution in [0.25, 0.3) is 10.9 Å². The summed E-state index contributed by atoms with van der Waals surface area (Å²) in [4.78, 5) is 4.29. The maximum absolute atomic E-state index is 13.1. The molecule has 0 fully saturated rings. The number of nitrogens with one attached hydrogen (secondary N) is 1. The average Bonchev–Trinajstić information content (AvgIpc) is 2.43. The van der Waals surface area contributed by atoms with Gasteiger partial charge in [0, 0.05) is 20.8 Å². The van der Waals surface area contributed by atoms with Gasteiger partial charge in [-0.15, -0.1) is 0 Å². The summed E-state index contributed by atoms with van der Waals surface area (Å²) in [6.07, 6.45) is 1.71. The van der Waals surface area contributed by atoms with Crippen molar-refractivity contribution in [1.29, 1.82) is 0 Å². The van der Waals surface area contributed by atoms with Crippen LogP contribution < -0.4 is 11.1 Å². The van der Waals surface area contributed by atoms with Gasteiger partial charge in [0.1, 0.15) is 5.82 Å². The van der Waals surface area contributed by atoms with E-state index in [0.29, 0.717) is 5.69 Å². The molecule has 0 aliphatic rings. The SMILES string of the molecule is Nc1cccc2c(Nc3ccc(F)cc3I)ccnc12. The molecule has 0 amide bonds. The summed E-state index contributed by atoms with van der Waals surface area (Å²) in [5.41, 5.74) is 9.07. The van der Waals surface area contributed by atoms with E-state index >= 15 is 0 Å². The molecule has 3 rings (SSSR count). The molecule has 3 N–H and O–H groups in total. The molecule has 0 saturated carbocycles. The molecule has 1 aromatic heterocycles. The van der Waals surface area contributed by atoms with Crippen molar-refractivity contribution in [2.45, 2.75) is 0 Å². The van der Waals surface area contributed by atoms with Gasteiger partial charge >= 0.3 is 0 Å². The maximum Gasteiger partial charge on any atom is 0.124 e. The van der Waals surface area contributed by atoms with Gasteiger partial charge < -0.3 is 11.1 Å². The monoisotopic (exact) mass is 379 g/mol. The van der Waals surface area contributed by atoms with Gasteiger partial charge in [0.25, 0.3) is 0 Å². The van der Waals surface area contributed by atoms with Crippen molar-refractivity contribution < 1.29 is 4.39 Å². The number of aromatic nitrogens is 1. The van der Waals surface area contributed by atoms with Gasteiger partial charge in [-0.3, -0.25) is 4.98 Å². The van der Waals surface area contributed by atoms with E-state index in [1.807, 2.05) is 24.3 Å². The molecule has 0 radical (unpaired) electrons. The standard InChI is InChI=1S/C15H11FIN3/c16-9-4-5-14(11(17)8-9)20-13-6-7-19-15-10(13)2-1-3-12(15)18/h1-8H,18H2,(H,19,20). The van der Waals surface area contributed by atoms with Crippen LogP contribution >= 0.6 is 22.6 Å². The van der Waals surface area contributed by atoms with Crippen molar-refractivity contribution in [2.75, 3.05) is 11.1 Å². The number of pyridine rings is 1. The van der Waals surface area contributed by atoms with Crippen molar-refractivity contribution in [1.82, 2.24) is 4.98 Å². The highest BCUT2D eigenvalue weighted by molar-refractivity contribution is 14.1. The molecular weight excluding hydrogens is 368 g/mol. The first-order valence-corrected chi connectivity index (χ1v) is 7.08. The van der Waals surface area contributed by atoms with Gasteiger partial charge in [0.2, 0.25) is 0 Å². The fourth-order valence-electron chi connectivity index (χ4n) is 2.04. The molecule has 0 aliphatic carbocycles. The minimum atomic E-state index is -0.246. The second kappa shape index (κ2) is 5.24. The third-order valence-electron chi connectivity index (χ3n) is 3.00. The predicted molar refractivity (Wildman–Crippen MR) is 88.6 cm³/mol. The zero-order valence-electron chi connectivity index (χ0n) is 10.4.